The Bertz CT molecular complexity index is 1350. The van der Waals surface area contributed by atoms with Crippen molar-refractivity contribution in [2.75, 3.05) is 28.7 Å². The number of nitro groups is 2. The van der Waals surface area contributed by atoms with Crippen molar-refractivity contribution in [1.82, 2.24) is 14.9 Å². The molecule has 168 valence electrons. The van der Waals surface area contributed by atoms with Crippen LogP contribution in [0, 0.1) is 20.2 Å². The Labute approximate surface area is 184 Å². The number of nitrogens with zero attached hydrogens (tertiary/aromatic N) is 6. The number of hydrogen-bond donors (Lipinski definition) is 2. The van der Waals surface area contributed by atoms with Gasteiger partial charge in [0.25, 0.3) is 5.69 Å². The average molecular weight is 452 g/mol. The Kier molecular flexibility index (Phi) is 5.39. The van der Waals surface area contributed by atoms with Crippen molar-refractivity contribution in [2.24, 2.45) is 0 Å². The van der Waals surface area contributed by atoms with Gasteiger partial charge in [0, 0.05) is 25.1 Å². The van der Waals surface area contributed by atoms with Gasteiger partial charge in [0.2, 0.25) is 5.91 Å². The fourth-order valence-corrected chi connectivity index (χ4v) is 3.53. The smallest absolute Gasteiger partial charge is 0.366 e. The molecule has 0 spiro atoms. The number of carbonyl (C=O) groups excluding carboxylic acids is 1. The lowest BCUT2D eigenvalue weighted by Gasteiger charge is -2.33. The van der Waals surface area contributed by atoms with E-state index < -0.39 is 26.9 Å². The third-order valence-electron chi connectivity index (χ3n) is 4.85. The molecule has 4 rings (SSSR count). The van der Waals surface area contributed by atoms with E-state index in [2.05, 4.69) is 20.8 Å². The van der Waals surface area contributed by atoms with Crippen molar-refractivity contribution in [2.45, 2.75) is 6.92 Å². The molecule has 1 aromatic heterocycles. The molecule has 14 nitrogen and oxygen atoms in total. The Hall–Kier alpha value is -4.88. The number of aromatic nitrogens is 3. The van der Waals surface area contributed by atoms with Crippen molar-refractivity contribution in [3.8, 4) is 11.3 Å². The topological polar surface area (TPSA) is 178 Å². The average Bonchev–Trinajstić information content (AvgIpc) is 2.79. The number of non-ortho nitro benzene ring substituents is 1. The van der Waals surface area contributed by atoms with Gasteiger partial charge in [-0.25, -0.2) is 4.79 Å². The van der Waals surface area contributed by atoms with E-state index in [0.717, 1.165) is 16.8 Å². The summed E-state index contributed by atoms with van der Waals surface area (Å²) in [4.78, 5) is 45.6. The van der Waals surface area contributed by atoms with Gasteiger partial charge >= 0.3 is 11.4 Å². The largest absolute Gasteiger partial charge is 0.387 e. The van der Waals surface area contributed by atoms with Gasteiger partial charge in [-0.05, 0) is 12.1 Å². The van der Waals surface area contributed by atoms with Crippen LogP contribution in [-0.4, -0.2) is 43.7 Å². The lowest BCUT2D eigenvalue weighted by molar-refractivity contribution is -0.393. The van der Waals surface area contributed by atoms with Gasteiger partial charge in [-0.2, -0.15) is 4.68 Å². The van der Waals surface area contributed by atoms with Crippen LogP contribution in [0.25, 0.3) is 11.3 Å². The number of nitrogens with one attached hydrogen (secondary N) is 2. The lowest BCUT2D eigenvalue weighted by Crippen LogP contribution is -2.48. The van der Waals surface area contributed by atoms with Crippen LogP contribution in [0.15, 0.2) is 47.3 Å². The Morgan fingerprint density at radius 1 is 1.12 bits per heavy atom. The van der Waals surface area contributed by atoms with Crippen LogP contribution in [0.2, 0.25) is 0 Å². The number of amides is 1. The second-order valence-corrected chi connectivity index (χ2v) is 6.96. The van der Waals surface area contributed by atoms with Crippen molar-refractivity contribution < 1.29 is 14.6 Å². The summed E-state index contributed by atoms with van der Waals surface area (Å²) in [6.45, 7) is 1.75. The van der Waals surface area contributed by atoms with Gasteiger partial charge in [-0.3, -0.25) is 30.0 Å². The summed E-state index contributed by atoms with van der Waals surface area (Å²) in [5.41, 5.74) is -0.701. The molecule has 0 radical (unpaired) electrons. The van der Waals surface area contributed by atoms with Gasteiger partial charge in [0.15, 0.2) is 5.82 Å². The first-order valence-electron chi connectivity index (χ1n) is 9.59. The van der Waals surface area contributed by atoms with E-state index in [1.54, 1.807) is 24.3 Å². The standard InChI is InChI=1S/C19H16N8O6/c1-11(28)21-14-5-3-2-4-13(14)17-18-20-8-9-24(25(18)19(29)23-22-17)15-7-6-12(26(30)31)10-16(15)27(32)33/h2-7,10,20H,8-9H2,1H3,(H,21,28). The third kappa shape index (κ3) is 3.91. The van der Waals surface area contributed by atoms with E-state index in [-0.39, 0.29) is 36.2 Å². The van der Waals surface area contributed by atoms with Crippen LogP contribution < -0.4 is 21.3 Å². The van der Waals surface area contributed by atoms with Crippen LogP contribution in [0.5, 0.6) is 0 Å². The first kappa shape index (κ1) is 21.4. The quantitative estimate of drug-likeness (QED) is 0.428. The number of fused-ring (bicyclic) bond motifs is 1. The van der Waals surface area contributed by atoms with Gasteiger partial charge in [-0.1, -0.05) is 23.3 Å². The molecule has 0 unspecified atom stereocenters. The number of nitro benzene ring substituents is 2. The van der Waals surface area contributed by atoms with E-state index in [9.17, 15) is 29.8 Å². The third-order valence-corrected chi connectivity index (χ3v) is 4.85. The minimum absolute atomic E-state index is 0.0236. The van der Waals surface area contributed by atoms with Crippen LogP contribution in [0.4, 0.5) is 28.6 Å². The first-order valence-corrected chi connectivity index (χ1v) is 9.59. The summed E-state index contributed by atoms with van der Waals surface area (Å²) in [6, 6.07) is 9.93. The molecule has 14 heteroatoms. The van der Waals surface area contributed by atoms with Crippen molar-refractivity contribution in [3.05, 3.63) is 73.2 Å². The van der Waals surface area contributed by atoms with Crippen LogP contribution in [0.3, 0.4) is 0 Å². The van der Waals surface area contributed by atoms with E-state index in [1.807, 2.05) is 0 Å². The van der Waals surface area contributed by atoms with Crippen molar-refractivity contribution in [3.63, 3.8) is 0 Å². The van der Waals surface area contributed by atoms with Gasteiger partial charge in [-0.15, -0.1) is 5.10 Å². The number of para-hydroxylation sites is 1. The molecule has 0 bridgehead atoms. The molecular weight excluding hydrogens is 436 g/mol. The molecule has 0 aliphatic carbocycles. The number of rotatable bonds is 5. The fraction of sp³-hybridized carbons (Fsp3) is 0.158. The van der Waals surface area contributed by atoms with Crippen LogP contribution in [-0.2, 0) is 4.79 Å². The molecule has 0 fully saturated rings. The molecule has 1 amide bonds. The second kappa shape index (κ2) is 8.33. The summed E-state index contributed by atoms with van der Waals surface area (Å²) in [6.07, 6.45) is 0. The zero-order chi connectivity index (χ0) is 23.7. The molecule has 2 aromatic carbocycles. The number of anilines is 3. The van der Waals surface area contributed by atoms with E-state index in [0.29, 0.717) is 11.3 Å². The zero-order valence-corrected chi connectivity index (χ0v) is 17.1. The summed E-state index contributed by atoms with van der Waals surface area (Å²) in [7, 11) is 0. The maximum Gasteiger partial charge on any atom is 0.387 e. The van der Waals surface area contributed by atoms with E-state index in [4.69, 9.17) is 0 Å². The molecule has 0 atom stereocenters. The maximum absolute atomic E-state index is 12.7. The zero-order valence-electron chi connectivity index (χ0n) is 17.1. The van der Waals surface area contributed by atoms with E-state index in [1.165, 1.54) is 18.0 Å². The molecule has 2 heterocycles. The van der Waals surface area contributed by atoms with Crippen LogP contribution in [0.1, 0.15) is 6.92 Å². The Morgan fingerprint density at radius 2 is 1.88 bits per heavy atom. The molecule has 33 heavy (non-hydrogen) atoms. The van der Waals surface area contributed by atoms with E-state index >= 15 is 0 Å². The Morgan fingerprint density at radius 3 is 2.58 bits per heavy atom. The monoisotopic (exact) mass is 452 g/mol. The minimum Gasteiger partial charge on any atom is -0.366 e. The summed E-state index contributed by atoms with van der Waals surface area (Å²) in [5.74, 6) is -0.111. The highest BCUT2D eigenvalue weighted by molar-refractivity contribution is 5.95. The van der Waals surface area contributed by atoms with Gasteiger partial charge in [0.05, 0.1) is 28.1 Å². The number of hydrogen-bond acceptors (Lipinski definition) is 10. The highest BCUT2D eigenvalue weighted by atomic mass is 16.6. The molecule has 0 saturated heterocycles. The second-order valence-electron chi connectivity index (χ2n) is 6.96. The molecule has 1 aliphatic heterocycles. The summed E-state index contributed by atoms with van der Waals surface area (Å²) >= 11 is 0. The predicted molar refractivity (Wildman–Crippen MR) is 117 cm³/mol. The fourth-order valence-electron chi connectivity index (χ4n) is 3.53. The highest BCUT2D eigenvalue weighted by Crippen LogP contribution is 2.36. The highest BCUT2D eigenvalue weighted by Gasteiger charge is 2.30. The normalized spacial score (nSPS) is 12.5. The number of carbonyl (C=O) groups is 1. The van der Waals surface area contributed by atoms with Gasteiger partial charge < -0.3 is 10.6 Å². The number of benzene rings is 2. The predicted octanol–water partition coefficient (Wildman–Crippen LogP) is 1.78. The SMILES string of the molecule is CC(=O)Nc1ccccc1-c1nnc(=O)n2c1NCCN2c1ccc([N+](=O)[O-])cc1[N+](=O)[O-]. The van der Waals surface area contributed by atoms with Crippen molar-refractivity contribution >= 4 is 34.5 Å². The summed E-state index contributed by atoms with van der Waals surface area (Å²) in [5, 5.41) is 37.5. The molecular formula is C19H16N8O6. The maximum atomic E-state index is 12.7. The molecule has 1 aliphatic rings. The van der Waals surface area contributed by atoms with Crippen molar-refractivity contribution in [1.29, 1.82) is 0 Å². The van der Waals surface area contributed by atoms with Gasteiger partial charge in [0.1, 0.15) is 11.4 Å². The Balaban J connectivity index is 1.92. The van der Waals surface area contributed by atoms with Crippen LogP contribution >= 0.6 is 0 Å². The molecule has 0 saturated carbocycles. The minimum atomic E-state index is -0.814. The first-order chi connectivity index (χ1) is 15.8. The summed E-state index contributed by atoms with van der Waals surface area (Å²) < 4.78 is 1.09. The molecule has 2 N–H and O–H groups in total. The lowest BCUT2D eigenvalue weighted by atomic mass is 10.1. The molecule has 3 aromatic rings.